The molecule has 2 aromatic carbocycles. The first-order chi connectivity index (χ1) is 10.0. The summed E-state index contributed by atoms with van der Waals surface area (Å²) in [5, 5.41) is 3.23. The monoisotopic (exact) mass is 302 g/mol. The lowest BCUT2D eigenvalue weighted by atomic mass is 10.0. The highest BCUT2D eigenvalue weighted by Gasteiger charge is 2.15. The fourth-order valence-electron chi connectivity index (χ4n) is 2.12. The van der Waals surface area contributed by atoms with Crippen molar-refractivity contribution in [2.75, 3.05) is 5.73 Å². The van der Waals surface area contributed by atoms with Gasteiger partial charge in [0.15, 0.2) is 0 Å². The van der Waals surface area contributed by atoms with Gasteiger partial charge in [-0.15, -0.1) is 0 Å². The number of nitrogens with one attached hydrogen (secondary N) is 1. The predicted octanol–water partition coefficient (Wildman–Crippen LogP) is 3.98. The highest BCUT2D eigenvalue weighted by Crippen LogP contribution is 2.24. The molecule has 2 rings (SSSR count). The van der Waals surface area contributed by atoms with Crippen molar-refractivity contribution in [3.63, 3.8) is 0 Å². The Bertz CT molecular complexity index is 638. The Kier molecular flexibility index (Phi) is 4.86. The lowest BCUT2D eigenvalue weighted by Gasteiger charge is -2.15. The molecule has 3 N–H and O–H groups in total. The van der Waals surface area contributed by atoms with E-state index in [4.69, 9.17) is 17.3 Å². The Hall–Kier alpha value is -2.00. The first-order valence-corrected chi connectivity index (χ1v) is 7.34. The van der Waals surface area contributed by atoms with Gasteiger partial charge < -0.3 is 11.1 Å². The number of halogens is 1. The van der Waals surface area contributed by atoms with Gasteiger partial charge in [0, 0.05) is 0 Å². The number of nitrogen functional groups attached to an aromatic ring is 1. The fourth-order valence-corrected chi connectivity index (χ4v) is 2.34. The normalized spacial score (nSPS) is 12.0. The van der Waals surface area contributed by atoms with E-state index in [1.54, 1.807) is 18.2 Å². The van der Waals surface area contributed by atoms with E-state index >= 15 is 0 Å². The van der Waals surface area contributed by atoms with Crippen LogP contribution in [-0.2, 0) is 6.42 Å². The van der Waals surface area contributed by atoms with Gasteiger partial charge in [-0.05, 0) is 36.6 Å². The zero-order valence-corrected chi connectivity index (χ0v) is 12.9. The molecule has 4 heteroatoms. The molecule has 0 spiro atoms. The van der Waals surface area contributed by atoms with Crippen LogP contribution < -0.4 is 11.1 Å². The summed E-state index contributed by atoms with van der Waals surface area (Å²) in [6.45, 7) is 4.06. The Morgan fingerprint density at radius 1 is 1.24 bits per heavy atom. The maximum absolute atomic E-state index is 12.3. The van der Waals surface area contributed by atoms with Crippen molar-refractivity contribution < 1.29 is 4.79 Å². The van der Waals surface area contributed by atoms with Gasteiger partial charge in [0.2, 0.25) is 0 Å². The summed E-state index contributed by atoms with van der Waals surface area (Å²) >= 11 is 6.07. The third-order valence-corrected chi connectivity index (χ3v) is 3.93. The molecule has 0 aliphatic rings. The van der Waals surface area contributed by atoms with Crippen LogP contribution in [0.4, 0.5) is 5.69 Å². The van der Waals surface area contributed by atoms with Gasteiger partial charge in [-0.2, -0.15) is 0 Å². The van der Waals surface area contributed by atoms with E-state index in [1.807, 2.05) is 19.1 Å². The second-order valence-corrected chi connectivity index (χ2v) is 5.38. The van der Waals surface area contributed by atoms with Crippen molar-refractivity contribution in [1.82, 2.24) is 5.32 Å². The quantitative estimate of drug-likeness (QED) is 0.839. The van der Waals surface area contributed by atoms with E-state index in [2.05, 4.69) is 24.4 Å². The number of nitrogens with two attached hydrogens (primary N) is 1. The SMILES string of the molecule is CCc1ccc(C(C)NC(=O)c2cccc(N)c2Cl)cc1. The minimum Gasteiger partial charge on any atom is -0.398 e. The molecule has 0 radical (unpaired) electrons. The molecule has 0 bridgehead atoms. The molecule has 0 aliphatic heterocycles. The second-order valence-electron chi connectivity index (χ2n) is 5.00. The predicted molar refractivity (Wildman–Crippen MR) is 87.6 cm³/mol. The number of carbonyl (C=O) groups is 1. The molecular formula is C17H19ClN2O. The van der Waals surface area contributed by atoms with Crippen molar-refractivity contribution in [3.8, 4) is 0 Å². The van der Waals surface area contributed by atoms with Crippen LogP contribution in [0.15, 0.2) is 42.5 Å². The Morgan fingerprint density at radius 3 is 2.52 bits per heavy atom. The van der Waals surface area contributed by atoms with Crippen LogP contribution in [0, 0.1) is 0 Å². The Morgan fingerprint density at radius 2 is 1.90 bits per heavy atom. The number of anilines is 1. The number of carbonyl (C=O) groups excluding carboxylic acids is 1. The van der Waals surface area contributed by atoms with Gasteiger partial charge in [0.1, 0.15) is 0 Å². The number of amides is 1. The number of rotatable bonds is 4. The molecule has 0 fully saturated rings. The van der Waals surface area contributed by atoms with Gasteiger partial charge in [0.05, 0.1) is 22.3 Å². The number of benzene rings is 2. The summed E-state index contributed by atoms with van der Waals surface area (Å²) in [7, 11) is 0. The molecule has 21 heavy (non-hydrogen) atoms. The molecule has 0 aromatic heterocycles. The van der Waals surface area contributed by atoms with Gasteiger partial charge >= 0.3 is 0 Å². The van der Waals surface area contributed by atoms with E-state index in [-0.39, 0.29) is 11.9 Å². The largest absolute Gasteiger partial charge is 0.398 e. The average molecular weight is 303 g/mol. The summed E-state index contributed by atoms with van der Waals surface area (Å²) < 4.78 is 0. The van der Waals surface area contributed by atoms with Gasteiger partial charge in [0.25, 0.3) is 5.91 Å². The molecular weight excluding hydrogens is 284 g/mol. The molecule has 3 nitrogen and oxygen atoms in total. The van der Waals surface area contributed by atoms with Crippen LogP contribution in [0.25, 0.3) is 0 Å². The zero-order chi connectivity index (χ0) is 15.4. The molecule has 2 aromatic rings. The maximum Gasteiger partial charge on any atom is 0.253 e. The Labute approximate surface area is 130 Å². The molecule has 1 amide bonds. The molecule has 0 heterocycles. The third kappa shape index (κ3) is 3.56. The lowest BCUT2D eigenvalue weighted by Crippen LogP contribution is -2.27. The first-order valence-electron chi connectivity index (χ1n) is 6.96. The molecule has 110 valence electrons. The fraction of sp³-hybridized carbons (Fsp3) is 0.235. The summed E-state index contributed by atoms with van der Waals surface area (Å²) in [6, 6.07) is 13.2. The summed E-state index contributed by atoms with van der Waals surface area (Å²) in [6.07, 6.45) is 1.000. The van der Waals surface area contributed by atoms with E-state index in [0.717, 1.165) is 12.0 Å². The minimum absolute atomic E-state index is 0.0964. The highest BCUT2D eigenvalue weighted by atomic mass is 35.5. The zero-order valence-electron chi connectivity index (χ0n) is 12.2. The van der Waals surface area contributed by atoms with Crippen LogP contribution in [0.3, 0.4) is 0 Å². The summed E-state index contributed by atoms with van der Waals surface area (Å²) in [4.78, 5) is 12.3. The summed E-state index contributed by atoms with van der Waals surface area (Å²) in [5.41, 5.74) is 8.85. The van der Waals surface area contributed by atoms with Crippen LogP contribution >= 0.6 is 11.6 Å². The minimum atomic E-state index is -0.223. The third-order valence-electron chi connectivity index (χ3n) is 3.51. The maximum atomic E-state index is 12.3. The van der Waals surface area contributed by atoms with Crippen molar-refractivity contribution in [2.45, 2.75) is 26.3 Å². The highest BCUT2D eigenvalue weighted by molar-refractivity contribution is 6.36. The van der Waals surface area contributed by atoms with Crippen LogP contribution in [0.1, 0.15) is 41.4 Å². The van der Waals surface area contributed by atoms with Crippen LogP contribution in [0.5, 0.6) is 0 Å². The van der Waals surface area contributed by atoms with Crippen molar-refractivity contribution in [2.24, 2.45) is 0 Å². The van der Waals surface area contributed by atoms with Crippen molar-refractivity contribution in [1.29, 1.82) is 0 Å². The summed E-state index contributed by atoms with van der Waals surface area (Å²) in [5.74, 6) is -0.223. The van der Waals surface area contributed by atoms with Gasteiger partial charge in [-0.25, -0.2) is 0 Å². The number of aryl methyl sites for hydroxylation is 1. The molecule has 0 saturated heterocycles. The van der Waals surface area contributed by atoms with Crippen LogP contribution in [0.2, 0.25) is 5.02 Å². The smallest absolute Gasteiger partial charge is 0.253 e. The van der Waals surface area contributed by atoms with Crippen molar-refractivity contribution in [3.05, 3.63) is 64.2 Å². The van der Waals surface area contributed by atoms with E-state index in [0.29, 0.717) is 16.3 Å². The number of hydrogen-bond acceptors (Lipinski definition) is 2. The van der Waals surface area contributed by atoms with E-state index < -0.39 is 0 Å². The molecule has 1 unspecified atom stereocenters. The van der Waals surface area contributed by atoms with E-state index in [1.165, 1.54) is 5.56 Å². The Balaban J connectivity index is 2.12. The molecule has 1 atom stereocenters. The topological polar surface area (TPSA) is 55.1 Å². The number of hydrogen-bond donors (Lipinski definition) is 2. The average Bonchev–Trinajstić information content (AvgIpc) is 2.50. The standard InChI is InChI=1S/C17H19ClN2O/c1-3-12-7-9-13(10-8-12)11(2)20-17(21)14-5-4-6-15(19)16(14)18/h4-11H,3,19H2,1-2H3,(H,20,21). The second kappa shape index (κ2) is 6.64. The molecule has 0 saturated carbocycles. The van der Waals surface area contributed by atoms with Crippen LogP contribution in [-0.4, -0.2) is 5.91 Å². The van der Waals surface area contributed by atoms with E-state index in [9.17, 15) is 4.79 Å². The molecule has 0 aliphatic carbocycles. The van der Waals surface area contributed by atoms with Gasteiger partial charge in [-0.1, -0.05) is 48.9 Å². The lowest BCUT2D eigenvalue weighted by molar-refractivity contribution is 0.0940. The van der Waals surface area contributed by atoms with Gasteiger partial charge in [-0.3, -0.25) is 4.79 Å². The first kappa shape index (κ1) is 15.4. The van der Waals surface area contributed by atoms with Crippen molar-refractivity contribution >= 4 is 23.2 Å².